The van der Waals surface area contributed by atoms with Gasteiger partial charge in [0.1, 0.15) is 0 Å². The van der Waals surface area contributed by atoms with E-state index in [0.717, 1.165) is 0 Å². The van der Waals surface area contributed by atoms with Gasteiger partial charge in [-0.15, -0.1) is 0 Å². The van der Waals surface area contributed by atoms with Gasteiger partial charge in [-0.1, -0.05) is 0 Å². The van der Waals surface area contributed by atoms with E-state index in [0.29, 0.717) is 0 Å². The van der Waals surface area contributed by atoms with Crippen molar-refractivity contribution in [3.63, 3.8) is 0 Å². The van der Waals surface area contributed by atoms with Crippen LogP contribution in [-0.4, -0.2) is 0 Å². The van der Waals surface area contributed by atoms with E-state index in [1.165, 1.54) is 0 Å². The second-order valence-electron chi connectivity index (χ2n) is 0. The Morgan fingerprint density at radius 2 is 0.750 bits per heavy atom. The molecule has 0 aliphatic carbocycles. The van der Waals surface area contributed by atoms with Gasteiger partial charge in [-0.25, -0.2) is 0 Å². The van der Waals surface area contributed by atoms with E-state index in [9.17, 15) is 0 Å². The zero-order chi connectivity index (χ0) is 0. The third-order valence-electron chi connectivity index (χ3n) is 0. The molecule has 0 nitrogen and oxygen atoms in total. The van der Waals surface area contributed by atoms with Crippen molar-refractivity contribution in [2.75, 3.05) is 0 Å². The van der Waals surface area contributed by atoms with Gasteiger partial charge in [0.15, 0.2) is 0 Å². The molecule has 0 amide bonds. The van der Waals surface area contributed by atoms with E-state index >= 15 is 0 Å². The van der Waals surface area contributed by atoms with Gasteiger partial charge in [-0.2, -0.15) is 0 Å². The summed E-state index contributed by atoms with van der Waals surface area (Å²) >= 11 is 0. The number of hydrogen-bond donors (Lipinski definition) is 0. The minimum absolute atomic E-state index is 0. The van der Waals surface area contributed by atoms with Crippen molar-refractivity contribution in [3.05, 3.63) is 0 Å². The fraction of sp³-hybridized carbons (Fsp3) is 0. The summed E-state index contributed by atoms with van der Waals surface area (Å²) in [6, 6.07) is 0. The Morgan fingerprint density at radius 3 is 0.750 bits per heavy atom. The minimum atomic E-state index is 0. The molecule has 0 N–H and O–H groups in total. The van der Waals surface area contributed by atoms with Crippen molar-refractivity contribution in [1.29, 1.82) is 0 Å². The van der Waals surface area contributed by atoms with E-state index in [4.69, 9.17) is 0 Å². The van der Waals surface area contributed by atoms with Crippen LogP contribution >= 0.6 is 0 Å². The molecule has 0 unspecified atom stereocenters. The van der Waals surface area contributed by atoms with Crippen LogP contribution in [-0.2, 0) is 71.0 Å². The summed E-state index contributed by atoms with van der Waals surface area (Å²) in [6.45, 7) is 0. The Bertz CT molecular complexity index is 6.00. The van der Waals surface area contributed by atoms with Crippen LogP contribution in [0, 0.1) is 0 Å². The first-order valence-corrected chi connectivity index (χ1v) is 0. The minimum Gasteiger partial charge on any atom is 0 e. The van der Waals surface area contributed by atoms with Crippen molar-refractivity contribution < 1.29 is 71.0 Å². The van der Waals surface area contributed by atoms with Gasteiger partial charge in [0.25, 0.3) is 0 Å². The predicted molar refractivity (Wildman–Crippen MR) is 0 cm³/mol. The van der Waals surface area contributed by atoms with Crippen LogP contribution < -0.4 is 0 Å². The molecule has 0 saturated carbocycles. The Labute approximate surface area is 70.3 Å². The number of rotatable bonds is 0. The summed E-state index contributed by atoms with van der Waals surface area (Å²) in [4.78, 5) is 0. The topological polar surface area (TPSA) is 0 Å². The quantitative estimate of drug-likeness (QED) is 0.526. The second kappa shape index (κ2) is 19.0. The van der Waals surface area contributed by atoms with Crippen LogP contribution in [0.4, 0.5) is 0 Å². The molecule has 2 radical (unpaired) electrons. The van der Waals surface area contributed by atoms with Crippen molar-refractivity contribution in [1.82, 2.24) is 0 Å². The van der Waals surface area contributed by atoms with Crippen LogP contribution in [0.2, 0.25) is 0 Å². The average Bonchev–Trinajstić information content (AvgIpc) is 0. The van der Waals surface area contributed by atoms with Gasteiger partial charge in [0.05, 0.1) is 0 Å². The average molecular weight is 244 g/mol. The van der Waals surface area contributed by atoms with Crippen molar-refractivity contribution in [3.8, 4) is 0 Å². The van der Waals surface area contributed by atoms with E-state index in [-0.39, 0.29) is 71.0 Å². The molecule has 4 heavy (non-hydrogen) atoms. The molecule has 30 valence electrons. The fourth-order valence-corrected chi connectivity index (χ4v) is 0. The van der Waals surface area contributed by atoms with E-state index < -0.39 is 0 Å². The molecule has 0 atom stereocenters. The maximum absolute atomic E-state index is 0. The van der Waals surface area contributed by atoms with E-state index in [1.54, 1.807) is 0 Å². The normalized spacial score (nSPS) is 0. The second-order valence-corrected chi connectivity index (χ2v) is 0. The van der Waals surface area contributed by atoms with Crippen LogP contribution in [0.3, 0.4) is 0 Å². The van der Waals surface area contributed by atoms with Crippen LogP contribution in [0.5, 0.6) is 0 Å². The first-order chi connectivity index (χ1) is 0. The maximum Gasteiger partial charge on any atom is 0 e. The molecule has 0 aromatic carbocycles. The molecule has 0 bridgehead atoms. The van der Waals surface area contributed by atoms with Crippen molar-refractivity contribution in [2.24, 2.45) is 0 Å². The molecule has 0 aromatic rings. The first-order valence-electron chi connectivity index (χ1n) is 0. The summed E-state index contributed by atoms with van der Waals surface area (Å²) in [6.07, 6.45) is 0. The Morgan fingerprint density at radius 1 is 0.750 bits per heavy atom. The van der Waals surface area contributed by atoms with E-state index in [1.807, 2.05) is 0 Å². The third-order valence-corrected chi connectivity index (χ3v) is 0. The summed E-state index contributed by atoms with van der Waals surface area (Å²) in [5.74, 6) is 0. The van der Waals surface area contributed by atoms with Crippen molar-refractivity contribution >= 4 is 0 Å². The zero-order valence-electron chi connectivity index (χ0n) is 1.72. The molecule has 0 aromatic heterocycles. The zero-order valence-corrected chi connectivity index (χ0v) is 7.84. The molecule has 0 aliphatic heterocycles. The number of hydrogen-bond acceptors (Lipinski definition) is 0. The largest absolute Gasteiger partial charge is 0 e. The van der Waals surface area contributed by atoms with Crippen molar-refractivity contribution in [2.45, 2.75) is 0 Å². The van der Waals surface area contributed by atoms with Gasteiger partial charge in [0.2, 0.25) is 0 Å². The molecular weight excluding hydrogens is 244 g/mol. The Hall–Kier alpha value is 2.19. The van der Waals surface area contributed by atoms with Crippen LogP contribution in [0.15, 0.2) is 0 Å². The SMILES string of the molecule is [Cr].[Cu].[Cu].[Zn]. The molecule has 0 rings (SSSR count). The monoisotopic (exact) mass is 242 g/mol. The summed E-state index contributed by atoms with van der Waals surface area (Å²) in [7, 11) is 0. The van der Waals surface area contributed by atoms with Gasteiger partial charge in [-0.3, -0.25) is 0 Å². The molecule has 0 aliphatic rings. The summed E-state index contributed by atoms with van der Waals surface area (Å²) in [5.41, 5.74) is 0. The fourth-order valence-electron chi connectivity index (χ4n) is 0. The summed E-state index contributed by atoms with van der Waals surface area (Å²) in [5, 5.41) is 0. The standard InChI is InChI=1S/Cr.2Cu.Zn. The molecular formula is CrCu2Zn. The molecule has 4 heteroatoms. The maximum atomic E-state index is 0. The van der Waals surface area contributed by atoms with Gasteiger partial charge >= 0.3 is 0 Å². The molecule has 0 spiro atoms. The Balaban J connectivity index is 0. The molecule has 0 fully saturated rings. The van der Waals surface area contributed by atoms with Gasteiger partial charge in [0, 0.05) is 71.0 Å². The predicted octanol–water partition coefficient (Wildman–Crippen LogP) is -0.0100. The Kier molecular flexibility index (Phi) is 165. The van der Waals surface area contributed by atoms with Gasteiger partial charge < -0.3 is 0 Å². The van der Waals surface area contributed by atoms with E-state index in [2.05, 4.69) is 0 Å². The molecule has 0 heterocycles. The summed E-state index contributed by atoms with van der Waals surface area (Å²) < 4.78 is 0. The third kappa shape index (κ3) is 8.89. The van der Waals surface area contributed by atoms with Crippen LogP contribution in [0.1, 0.15) is 0 Å². The van der Waals surface area contributed by atoms with Gasteiger partial charge in [-0.05, 0) is 0 Å². The van der Waals surface area contributed by atoms with Crippen LogP contribution in [0.25, 0.3) is 0 Å². The molecule has 0 saturated heterocycles. The smallest absolute Gasteiger partial charge is 0 e. The first kappa shape index (κ1) is 34.7.